The summed E-state index contributed by atoms with van der Waals surface area (Å²) in [7, 11) is 0. The standard InChI is InChI=1S/C9H12N2/c1-3-4-9-8(10)6-5-7(2)11-9/h3-6H,10H2,1-2H3/b4-3-. The molecule has 0 bridgehead atoms. The fourth-order valence-electron chi connectivity index (χ4n) is 0.879. The summed E-state index contributed by atoms with van der Waals surface area (Å²) < 4.78 is 0. The Morgan fingerprint density at radius 3 is 2.82 bits per heavy atom. The van der Waals surface area contributed by atoms with Crippen molar-refractivity contribution in [1.29, 1.82) is 0 Å². The Morgan fingerprint density at radius 1 is 1.45 bits per heavy atom. The molecular weight excluding hydrogens is 136 g/mol. The second kappa shape index (κ2) is 3.19. The maximum Gasteiger partial charge on any atom is 0.0858 e. The van der Waals surface area contributed by atoms with E-state index in [1.54, 1.807) is 0 Å². The highest BCUT2D eigenvalue weighted by Gasteiger charge is 1.94. The molecule has 0 fully saturated rings. The topological polar surface area (TPSA) is 38.9 Å². The number of pyridine rings is 1. The molecule has 0 amide bonds. The van der Waals surface area contributed by atoms with Gasteiger partial charge < -0.3 is 5.73 Å². The van der Waals surface area contributed by atoms with Crippen LogP contribution >= 0.6 is 0 Å². The van der Waals surface area contributed by atoms with Crippen LogP contribution in [-0.4, -0.2) is 4.98 Å². The zero-order valence-corrected chi connectivity index (χ0v) is 6.83. The van der Waals surface area contributed by atoms with Crippen molar-refractivity contribution in [2.75, 3.05) is 5.73 Å². The molecule has 2 nitrogen and oxygen atoms in total. The summed E-state index contributed by atoms with van der Waals surface area (Å²) >= 11 is 0. The van der Waals surface area contributed by atoms with Gasteiger partial charge in [-0.3, -0.25) is 4.98 Å². The Hall–Kier alpha value is -1.31. The zero-order chi connectivity index (χ0) is 8.27. The Labute approximate surface area is 66.8 Å². The number of rotatable bonds is 1. The van der Waals surface area contributed by atoms with E-state index >= 15 is 0 Å². The van der Waals surface area contributed by atoms with Crippen LogP contribution in [0.3, 0.4) is 0 Å². The third kappa shape index (κ3) is 1.80. The molecule has 0 aliphatic heterocycles. The first-order valence-electron chi connectivity index (χ1n) is 3.60. The Balaban J connectivity index is 3.12. The van der Waals surface area contributed by atoms with Crippen molar-refractivity contribution in [2.45, 2.75) is 13.8 Å². The van der Waals surface area contributed by atoms with E-state index in [0.29, 0.717) is 0 Å². The van der Waals surface area contributed by atoms with E-state index in [2.05, 4.69) is 4.98 Å². The van der Waals surface area contributed by atoms with Crippen LogP contribution in [0.2, 0.25) is 0 Å². The lowest BCUT2D eigenvalue weighted by Gasteiger charge is -1.99. The van der Waals surface area contributed by atoms with Crippen molar-refractivity contribution in [2.24, 2.45) is 0 Å². The van der Waals surface area contributed by atoms with E-state index in [0.717, 1.165) is 17.1 Å². The lowest BCUT2D eigenvalue weighted by Crippen LogP contribution is -1.93. The van der Waals surface area contributed by atoms with Crippen LogP contribution in [0.25, 0.3) is 6.08 Å². The molecule has 0 aliphatic carbocycles. The number of hydrogen-bond acceptors (Lipinski definition) is 2. The molecule has 0 radical (unpaired) electrons. The number of nitrogens with zero attached hydrogens (tertiary/aromatic N) is 1. The monoisotopic (exact) mass is 148 g/mol. The van der Waals surface area contributed by atoms with Gasteiger partial charge in [-0.1, -0.05) is 6.08 Å². The van der Waals surface area contributed by atoms with E-state index in [9.17, 15) is 0 Å². The van der Waals surface area contributed by atoms with Gasteiger partial charge in [-0.2, -0.15) is 0 Å². The van der Waals surface area contributed by atoms with Gasteiger partial charge >= 0.3 is 0 Å². The Kier molecular flexibility index (Phi) is 2.26. The summed E-state index contributed by atoms with van der Waals surface area (Å²) in [4.78, 5) is 4.25. The van der Waals surface area contributed by atoms with E-state index in [1.807, 2.05) is 38.1 Å². The average Bonchev–Trinajstić information content (AvgIpc) is 1.98. The van der Waals surface area contributed by atoms with Crippen molar-refractivity contribution in [1.82, 2.24) is 4.98 Å². The number of aryl methyl sites for hydroxylation is 1. The van der Waals surface area contributed by atoms with Crippen LogP contribution in [0.15, 0.2) is 18.2 Å². The third-order valence-corrected chi connectivity index (χ3v) is 1.42. The molecule has 11 heavy (non-hydrogen) atoms. The van der Waals surface area contributed by atoms with Crippen molar-refractivity contribution >= 4 is 11.8 Å². The molecule has 0 saturated carbocycles. The van der Waals surface area contributed by atoms with Crippen LogP contribution in [-0.2, 0) is 0 Å². The maximum absolute atomic E-state index is 5.66. The molecule has 58 valence electrons. The van der Waals surface area contributed by atoms with Crippen LogP contribution in [0.5, 0.6) is 0 Å². The van der Waals surface area contributed by atoms with Crippen molar-refractivity contribution < 1.29 is 0 Å². The highest BCUT2D eigenvalue weighted by molar-refractivity contribution is 5.60. The van der Waals surface area contributed by atoms with Gasteiger partial charge in [0.25, 0.3) is 0 Å². The second-order valence-corrected chi connectivity index (χ2v) is 2.43. The SMILES string of the molecule is C/C=C\c1nc(C)ccc1N. The van der Waals surface area contributed by atoms with Crippen LogP contribution < -0.4 is 5.73 Å². The summed E-state index contributed by atoms with van der Waals surface area (Å²) in [6.07, 6.45) is 3.83. The summed E-state index contributed by atoms with van der Waals surface area (Å²) in [5, 5.41) is 0. The first-order valence-corrected chi connectivity index (χ1v) is 3.60. The average molecular weight is 148 g/mol. The van der Waals surface area contributed by atoms with Crippen molar-refractivity contribution in [3.8, 4) is 0 Å². The summed E-state index contributed by atoms with van der Waals surface area (Å²) in [5.41, 5.74) is 8.24. The first-order chi connectivity index (χ1) is 5.24. The molecule has 2 heteroatoms. The molecule has 1 aromatic rings. The van der Waals surface area contributed by atoms with Gasteiger partial charge in [-0.15, -0.1) is 0 Å². The lowest BCUT2D eigenvalue weighted by atomic mass is 10.2. The Bertz CT molecular complexity index is 277. The molecule has 0 spiro atoms. The Morgan fingerprint density at radius 2 is 2.18 bits per heavy atom. The highest BCUT2D eigenvalue weighted by atomic mass is 14.7. The van der Waals surface area contributed by atoms with Gasteiger partial charge in [0, 0.05) is 5.69 Å². The highest BCUT2D eigenvalue weighted by Crippen LogP contribution is 2.10. The van der Waals surface area contributed by atoms with Gasteiger partial charge in [0.15, 0.2) is 0 Å². The second-order valence-electron chi connectivity index (χ2n) is 2.43. The van der Waals surface area contributed by atoms with Crippen molar-refractivity contribution in [3.05, 3.63) is 29.6 Å². The fraction of sp³-hybridized carbons (Fsp3) is 0.222. The number of nitrogen functional groups attached to an aromatic ring is 1. The largest absolute Gasteiger partial charge is 0.397 e. The van der Waals surface area contributed by atoms with Crippen LogP contribution in [0.4, 0.5) is 5.69 Å². The number of hydrogen-bond donors (Lipinski definition) is 1. The van der Waals surface area contributed by atoms with Crippen molar-refractivity contribution in [3.63, 3.8) is 0 Å². The molecule has 0 aromatic carbocycles. The number of anilines is 1. The fourth-order valence-corrected chi connectivity index (χ4v) is 0.879. The first kappa shape index (κ1) is 7.79. The smallest absolute Gasteiger partial charge is 0.0858 e. The van der Waals surface area contributed by atoms with E-state index in [1.165, 1.54) is 0 Å². The van der Waals surface area contributed by atoms with Crippen LogP contribution in [0.1, 0.15) is 18.3 Å². The maximum atomic E-state index is 5.66. The minimum atomic E-state index is 0.730. The predicted molar refractivity (Wildman–Crippen MR) is 48.1 cm³/mol. The number of nitrogens with two attached hydrogens (primary N) is 1. The number of aromatic nitrogens is 1. The molecule has 0 atom stereocenters. The van der Waals surface area contributed by atoms with Gasteiger partial charge in [0.1, 0.15) is 0 Å². The lowest BCUT2D eigenvalue weighted by molar-refractivity contribution is 1.18. The number of allylic oxidation sites excluding steroid dienone is 1. The normalized spacial score (nSPS) is 10.7. The molecular formula is C9H12N2. The van der Waals surface area contributed by atoms with E-state index in [-0.39, 0.29) is 0 Å². The molecule has 0 saturated heterocycles. The molecule has 0 aliphatic rings. The third-order valence-electron chi connectivity index (χ3n) is 1.42. The van der Waals surface area contributed by atoms with Gasteiger partial charge in [0.05, 0.1) is 11.4 Å². The minimum Gasteiger partial charge on any atom is -0.397 e. The molecule has 1 heterocycles. The quantitative estimate of drug-likeness (QED) is 0.661. The molecule has 1 rings (SSSR count). The van der Waals surface area contributed by atoms with Gasteiger partial charge in [0.2, 0.25) is 0 Å². The zero-order valence-electron chi connectivity index (χ0n) is 6.83. The molecule has 0 unspecified atom stereocenters. The molecule has 1 aromatic heterocycles. The summed E-state index contributed by atoms with van der Waals surface area (Å²) in [5.74, 6) is 0. The predicted octanol–water partition coefficient (Wildman–Crippen LogP) is 2.01. The summed E-state index contributed by atoms with van der Waals surface area (Å²) in [6.45, 7) is 3.90. The summed E-state index contributed by atoms with van der Waals surface area (Å²) in [6, 6.07) is 3.78. The van der Waals surface area contributed by atoms with E-state index < -0.39 is 0 Å². The van der Waals surface area contributed by atoms with E-state index in [4.69, 9.17) is 5.73 Å². The molecule has 2 N–H and O–H groups in total. The van der Waals surface area contributed by atoms with Gasteiger partial charge in [-0.05, 0) is 32.1 Å². The minimum absolute atomic E-state index is 0.730. The van der Waals surface area contributed by atoms with Gasteiger partial charge in [-0.25, -0.2) is 0 Å². The van der Waals surface area contributed by atoms with Crippen LogP contribution in [0, 0.1) is 6.92 Å².